The Morgan fingerprint density at radius 2 is 2.00 bits per heavy atom. The van der Waals surface area contributed by atoms with Crippen LogP contribution in [0.5, 0.6) is 0 Å². The standard InChI is InChI=1S/C14H19Cl2NOS/c1-9(2)10(3)17-14(18)8-19-7-11-4-5-12(15)6-13(11)16/h4-6,9-10H,7-8H2,1-3H3,(H,17,18). The number of amides is 1. The van der Waals surface area contributed by atoms with E-state index >= 15 is 0 Å². The van der Waals surface area contributed by atoms with Gasteiger partial charge in [-0.15, -0.1) is 11.8 Å². The van der Waals surface area contributed by atoms with Crippen molar-refractivity contribution in [3.63, 3.8) is 0 Å². The fourth-order valence-corrected chi connectivity index (χ4v) is 2.75. The molecule has 0 aliphatic carbocycles. The van der Waals surface area contributed by atoms with Crippen molar-refractivity contribution in [3.05, 3.63) is 33.8 Å². The predicted octanol–water partition coefficient (Wildman–Crippen LogP) is 4.39. The smallest absolute Gasteiger partial charge is 0.230 e. The summed E-state index contributed by atoms with van der Waals surface area (Å²) in [6, 6.07) is 5.63. The number of hydrogen-bond acceptors (Lipinski definition) is 2. The minimum atomic E-state index is 0.0660. The Morgan fingerprint density at radius 3 is 2.58 bits per heavy atom. The van der Waals surface area contributed by atoms with Crippen LogP contribution in [-0.4, -0.2) is 17.7 Å². The first kappa shape index (κ1) is 16.7. The summed E-state index contributed by atoms with van der Waals surface area (Å²) in [7, 11) is 0. The molecule has 0 bridgehead atoms. The third-order valence-corrected chi connectivity index (χ3v) is 4.46. The van der Waals surface area contributed by atoms with Gasteiger partial charge in [-0.05, 0) is 30.5 Å². The molecule has 0 aromatic heterocycles. The lowest BCUT2D eigenvalue weighted by Crippen LogP contribution is -2.37. The molecule has 0 spiro atoms. The molecule has 0 saturated carbocycles. The molecule has 0 saturated heterocycles. The van der Waals surface area contributed by atoms with Gasteiger partial charge in [0, 0.05) is 21.8 Å². The van der Waals surface area contributed by atoms with Crippen molar-refractivity contribution >= 4 is 40.9 Å². The van der Waals surface area contributed by atoms with Gasteiger partial charge < -0.3 is 5.32 Å². The summed E-state index contributed by atoms with van der Waals surface area (Å²) < 4.78 is 0. The number of halogens is 2. The van der Waals surface area contributed by atoms with Crippen LogP contribution in [-0.2, 0) is 10.5 Å². The summed E-state index contributed by atoms with van der Waals surface area (Å²) in [5.41, 5.74) is 1.00. The van der Waals surface area contributed by atoms with Gasteiger partial charge >= 0.3 is 0 Å². The van der Waals surface area contributed by atoms with Crippen LogP contribution < -0.4 is 5.32 Å². The molecule has 5 heteroatoms. The first-order valence-corrected chi connectivity index (χ1v) is 8.12. The van der Waals surface area contributed by atoms with Gasteiger partial charge in [-0.25, -0.2) is 0 Å². The topological polar surface area (TPSA) is 29.1 Å². The maximum absolute atomic E-state index is 11.7. The molecule has 1 rings (SSSR count). The highest BCUT2D eigenvalue weighted by Crippen LogP contribution is 2.24. The summed E-state index contributed by atoms with van der Waals surface area (Å²) in [5, 5.41) is 4.25. The monoisotopic (exact) mass is 319 g/mol. The first-order valence-electron chi connectivity index (χ1n) is 6.21. The summed E-state index contributed by atoms with van der Waals surface area (Å²) in [6.45, 7) is 6.19. The molecule has 0 fully saturated rings. The van der Waals surface area contributed by atoms with Crippen LogP contribution in [0.4, 0.5) is 0 Å². The zero-order valence-corrected chi connectivity index (χ0v) is 13.7. The van der Waals surface area contributed by atoms with Gasteiger partial charge in [0.25, 0.3) is 0 Å². The average molecular weight is 320 g/mol. The fraction of sp³-hybridized carbons (Fsp3) is 0.500. The zero-order chi connectivity index (χ0) is 14.4. The Labute approximate surface area is 129 Å². The third-order valence-electron chi connectivity index (χ3n) is 2.89. The lowest BCUT2D eigenvalue weighted by Gasteiger charge is -2.17. The van der Waals surface area contributed by atoms with E-state index in [0.29, 0.717) is 27.5 Å². The van der Waals surface area contributed by atoms with Crippen LogP contribution in [0.3, 0.4) is 0 Å². The van der Waals surface area contributed by atoms with Gasteiger partial charge in [0.1, 0.15) is 0 Å². The minimum absolute atomic E-state index is 0.0660. The Hall–Kier alpha value is -0.380. The number of carbonyl (C=O) groups excluding carboxylic acids is 1. The van der Waals surface area contributed by atoms with E-state index in [1.54, 1.807) is 17.8 Å². The van der Waals surface area contributed by atoms with E-state index in [1.807, 2.05) is 19.1 Å². The summed E-state index contributed by atoms with van der Waals surface area (Å²) >= 11 is 13.5. The Morgan fingerprint density at radius 1 is 1.32 bits per heavy atom. The van der Waals surface area contributed by atoms with Gasteiger partial charge in [0.2, 0.25) is 5.91 Å². The van der Waals surface area contributed by atoms with Crippen LogP contribution in [0.15, 0.2) is 18.2 Å². The maximum Gasteiger partial charge on any atom is 0.230 e. The number of thioether (sulfide) groups is 1. The van der Waals surface area contributed by atoms with Crippen LogP contribution in [0.2, 0.25) is 10.0 Å². The number of hydrogen-bond donors (Lipinski definition) is 1. The highest BCUT2D eigenvalue weighted by Gasteiger charge is 2.11. The molecule has 1 N–H and O–H groups in total. The molecular formula is C14H19Cl2NOS. The Kier molecular flexibility index (Phi) is 7.05. The molecular weight excluding hydrogens is 301 g/mol. The zero-order valence-electron chi connectivity index (χ0n) is 11.4. The molecule has 0 radical (unpaired) electrons. The second-order valence-electron chi connectivity index (χ2n) is 4.83. The molecule has 2 nitrogen and oxygen atoms in total. The number of carbonyl (C=O) groups is 1. The second-order valence-corrected chi connectivity index (χ2v) is 6.66. The van der Waals surface area contributed by atoms with Crippen molar-refractivity contribution in [3.8, 4) is 0 Å². The van der Waals surface area contributed by atoms with Crippen LogP contribution in [0, 0.1) is 5.92 Å². The van der Waals surface area contributed by atoms with E-state index in [0.717, 1.165) is 5.56 Å². The highest BCUT2D eigenvalue weighted by molar-refractivity contribution is 7.99. The van der Waals surface area contributed by atoms with Crippen molar-refractivity contribution in [1.29, 1.82) is 0 Å². The quantitative estimate of drug-likeness (QED) is 0.842. The molecule has 0 aliphatic heterocycles. The lowest BCUT2D eigenvalue weighted by atomic mass is 10.1. The molecule has 1 unspecified atom stereocenters. The van der Waals surface area contributed by atoms with Crippen molar-refractivity contribution < 1.29 is 4.79 Å². The van der Waals surface area contributed by atoms with Gasteiger partial charge in [-0.3, -0.25) is 4.79 Å². The largest absolute Gasteiger partial charge is 0.353 e. The van der Waals surface area contributed by atoms with E-state index in [1.165, 1.54) is 0 Å². The minimum Gasteiger partial charge on any atom is -0.353 e. The van der Waals surface area contributed by atoms with Crippen molar-refractivity contribution in [2.24, 2.45) is 5.92 Å². The molecule has 1 amide bonds. The van der Waals surface area contributed by atoms with Crippen molar-refractivity contribution in [2.75, 3.05) is 5.75 Å². The fourth-order valence-electron chi connectivity index (χ4n) is 1.35. The molecule has 1 aromatic carbocycles. The lowest BCUT2D eigenvalue weighted by molar-refractivity contribution is -0.119. The predicted molar refractivity (Wildman–Crippen MR) is 85.1 cm³/mol. The van der Waals surface area contributed by atoms with Gasteiger partial charge in [0.15, 0.2) is 0 Å². The Balaban J connectivity index is 2.36. The SMILES string of the molecule is CC(C)C(C)NC(=O)CSCc1ccc(Cl)cc1Cl. The first-order chi connectivity index (χ1) is 8.90. The third kappa shape index (κ3) is 6.07. The average Bonchev–Trinajstić information content (AvgIpc) is 2.31. The Bertz CT molecular complexity index is 437. The second kappa shape index (κ2) is 8.03. The molecule has 1 aromatic rings. The summed E-state index contributed by atoms with van der Waals surface area (Å²) in [5.74, 6) is 1.66. The molecule has 19 heavy (non-hydrogen) atoms. The van der Waals surface area contributed by atoms with Gasteiger partial charge in [-0.2, -0.15) is 0 Å². The van der Waals surface area contributed by atoms with Crippen molar-refractivity contribution in [1.82, 2.24) is 5.32 Å². The molecule has 0 heterocycles. The number of nitrogens with one attached hydrogen (secondary N) is 1. The maximum atomic E-state index is 11.7. The number of rotatable bonds is 6. The van der Waals surface area contributed by atoms with Crippen molar-refractivity contribution in [2.45, 2.75) is 32.6 Å². The van der Waals surface area contributed by atoms with E-state index in [2.05, 4.69) is 19.2 Å². The summed E-state index contributed by atoms with van der Waals surface area (Å²) in [6.07, 6.45) is 0. The molecule has 0 aliphatic rings. The number of benzene rings is 1. The van der Waals surface area contributed by atoms with Crippen LogP contribution in [0.1, 0.15) is 26.3 Å². The summed E-state index contributed by atoms with van der Waals surface area (Å²) in [4.78, 5) is 11.7. The molecule has 106 valence electrons. The van der Waals surface area contributed by atoms with Gasteiger partial charge in [0.05, 0.1) is 5.75 Å². The van der Waals surface area contributed by atoms with Gasteiger partial charge in [-0.1, -0.05) is 43.1 Å². The van der Waals surface area contributed by atoms with Crippen LogP contribution in [0.25, 0.3) is 0 Å². The van der Waals surface area contributed by atoms with E-state index in [9.17, 15) is 4.79 Å². The van der Waals surface area contributed by atoms with Crippen LogP contribution >= 0.6 is 35.0 Å². The molecule has 1 atom stereocenters. The van der Waals surface area contributed by atoms with E-state index < -0.39 is 0 Å². The van der Waals surface area contributed by atoms with E-state index in [-0.39, 0.29) is 11.9 Å². The van der Waals surface area contributed by atoms with E-state index in [4.69, 9.17) is 23.2 Å². The normalized spacial score (nSPS) is 12.5. The highest BCUT2D eigenvalue weighted by atomic mass is 35.5.